The average Bonchev–Trinajstić information content (AvgIpc) is 2.18. The summed E-state index contributed by atoms with van der Waals surface area (Å²) >= 11 is 0. The number of rotatable bonds is 3. The van der Waals surface area contributed by atoms with Gasteiger partial charge in [-0.25, -0.2) is 0 Å². The maximum Gasteiger partial charge on any atom is 0.248 e. The summed E-state index contributed by atoms with van der Waals surface area (Å²) in [4.78, 5) is 13.1. The second-order valence-electron chi connectivity index (χ2n) is 4.35. The van der Waals surface area contributed by atoms with Crippen LogP contribution in [-0.2, 0) is 6.54 Å². The molecule has 0 aromatic heterocycles. The van der Waals surface area contributed by atoms with Crippen molar-refractivity contribution in [2.24, 2.45) is 5.73 Å². The maximum atomic E-state index is 11.0. The smallest absolute Gasteiger partial charge is 0.248 e. The van der Waals surface area contributed by atoms with E-state index in [1.54, 1.807) is 6.07 Å². The van der Waals surface area contributed by atoms with E-state index in [4.69, 9.17) is 5.73 Å². The minimum absolute atomic E-state index is 0.176. The third-order valence-corrected chi connectivity index (χ3v) is 2.96. The van der Waals surface area contributed by atoms with E-state index in [0.29, 0.717) is 5.56 Å². The number of hydrogen-bond donors (Lipinski definition) is 2. The fourth-order valence-electron chi connectivity index (χ4n) is 1.94. The first kappa shape index (κ1) is 11.1. The molecule has 3 N–H and O–H groups in total. The van der Waals surface area contributed by atoms with Gasteiger partial charge in [-0.2, -0.15) is 0 Å². The monoisotopic (exact) mass is 220 g/mol. The van der Waals surface area contributed by atoms with Gasteiger partial charge >= 0.3 is 0 Å². The Morgan fingerprint density at radius 3 is 2.75 bits per heavy atom. The molecule has 4 heteroatoms. The summed E-state index contributed by atoms with van der Waals surface area (Å²) in [7, 11) is 0. The minimum atomic E-state index is -0.394. The highest BCUT2D eigenvalue weighted by atomic mass is 16.3. The molecule has 86 valence electrons. The maximum absolute atomic E-state index is 11.0. The summed E-state index contributed by atoms with van der Waals surface area (Å²) in [5.74, 6) is -0.394. The predicted octanol–water partition coefficient (Wildman–Crippen LogP) is 0.270. The van der Waals surface area contributed by atoms with Crippen LogP contribution in [0.1, 0.15) is 21.5 Å². The number of nitrogens with two attached hydrogens (primary N) is 1. The van der Waals surface area contributed by atoms with Gasteiger partial charge in [0.15, 0.2) is 0 Å². The summed E-state index contributed by atoms with van der Waals surface area (Å²) in [5, 5.41) is 9.18. The SMILES string of the molecule is Cc1cc(C(N)=O)ccc1CN1CC(O)C1. The van der Waals surface area contributed by atoms with E-state index in [-0.39, 0.29) is 6.10 Å². The van der Waals surface area contributed by atoms with Crippen molar-refractivity contribution in [3.63, 3.8) is 0 Å². The second-order valence-corrected chi connectivity index (χ2v) is 4.35. The quantitative estimate of drug-likeness (QED) is 0.768. The Morgan fingerprint density at radius 1 is 1.56 bits per heavy atom. The highest BCUT2D eigenvalue weighted by Gasteiger charge is 2.24. The van der Waals surface area contributed by atoms with Crippen LogP contribution in [0.25, 0.3) is 0 Å². The number of aryl methyl sites for hydroxylation is 1. The fourth-order valence-corrected chi connectivity index (χ4v) is 1.94. The van der Waals surface area contributed by atoms with Crippen LogP contribution in [0.4, 0.5) is 0 Å². The standard InChI is InChI=1S/C12H16N2O2/c1-8-4-9(12(13)16)2-3-10(8)5-14-6-11(15)7-14/h2-4,11,15H,5-7H2,1H3,(H2,13,16). The summed E-state index contributed by atoms with van der Waals surface area (Å²) < 4.78 is 0. The van der Waals surface area contributed by atoms with Crippen molar-refractivity contribution in [1.29, 1.82) is 0 Å². The second kappa shape index (κ2) is 4.23. The molecule has 1 aromatic carbocycles. The Bertz CT molecular complexity index is 411. The van der Waals surface area contributed by atoms with E-state index in [9.17, 15) is 9.90 Å². The zero-order valence-corrected chi connectivity index (χ0v) is 9.31. The van der Waals surface area contributed by atoms with Crippen molar-refractivity contribution in [3.8, 4) is 0 Å². The van der Waals surface area contributed by atoms with Gasteiger partial charge in [0, 0.05) is 25.2 Å². The zero-order valence-electron chi connectivity index (χ0n) is 9.31. The van der Waals surface area contributed by atoms with Crippen molar-refractivity contribution in [1.82, 2.24) is 4.90 Å². The number of aliphatic hydroxyl groups excluding tert-OH is 1. The van der Waals surface area contributed by atoms with Crippen LogP contribution >= 0.6 is 0 Å². The van der Waals surface area contributed by atoms with Crippen LogP contribution < -0.4 is 5.73 Å². The molecule has 1 saturated heterocycles. The number of primary amides is 1. The lowest BCUT2D eigenvalue weighted by atomic mass is 10.0. The summed E-state index contributed by atoms with van der Waals surface area (Å²) in [5.41, 5.74) is 8.00. The number of β-amino-alcohol motifs (C(OH)–C–C–N with tert-alkyl or cyclic N) is 1. The molecule has 0 spiro atoms. The summed E-state index contributed by atoms with van der Waals surface area (Å²) in [6.07, 6.45) is -0.176. The molecular formula is C12H16N2O2. The van der Waals surface area contributed by atoms with Crippen LogP contribution in [0.15, 0.2) is 18.2 Å². The minimum Gasteiger partial charge on any atom is -0.390 e. The van der Waals surface area contributed by atoms with Crippen LogP contribution in [0.5, 0.6) is 0 Å². The van der Waals surface area contributed by atoms with Gasteiger partial charge in [0.05, 0.1) is 6.10 Å². The molecule has 1 aliphatic heterocycles. The van der Waals surface area contributed by atoms with Gasteiger partial charge in [0.25, 0.3) is 0 Å². The van der Waals surface area contributed by atoms with Crippen molar-refractivity contribution in [3.05, 3.63) is 34.9 Å². The summed E-state index contributed by atoms with van der Waals surface area (Å²) in [6, 6.07) is 5.49. The number of carbonyl (C=O) groups excluding carboxylic acids is 1. The van der Waals surface area contributed by atoms with Crippen molar-refractivity contribution in [2.75, 3.05) is 13.1 Å². The highest BCUT2D eigenvalue weighted by Crippen LogP contribution is 2.17. The molecule has 0 unspecified atom stereocenters. The molecule has 2 rings (SSSR count). The fraction of sp³-hybridized carbons (Fsp3) is 0.417. The Morgan fingerprint density at radius 2 is 2.25 bits per heavy atom. The molecule has 0 radical (unpaired) electrons. The topological polar surface area (TPSA) is 66.6 Å². The Hall–Kier alpha value is -1.39. The number of aliphatic hydroxyl groups is 1. The molecule has 16 heavy (non-hydrogen) atoms. The van der Waals surface area contributed by atoms with Crippen LogP contribution in [0.3, 0.4) is 0 Å². The first-order valence-electron chi connectivity index (χ1n) is 5.36. The molecular weight excluding hydrogens is 204 g/mol. The highest BCUT2D eigenvalue weighted by molar-refractivity contribution is 5.93. The molecule has 4 nitrogen and oxygen atoms in total. The number of benzene rings is 1. The molecule has 1 fully saturated rings. The molecule has 1 aliphatic rings. The molecule has 1 amide bonds. The third-order valence-electron chi connectivity index (χ3n) is 2.96. The number of hydrogen-bond acceptors (Lipinski definition) is 3. The molecule has 1 aromatic rings. The molecule has 0 bridgehead atoms. The van der Waals surface area contributed by atoms with Crippen LogP contribution in [-0.4, -0.2) is 35.1 Å². The van der Waals surface area contributed by atoms with Gasteiger partial charge in [-0.3, -0.25) is 9.69 Å². The van der Waals surface area contributed by atoms with Crippen LogP contribution in [0.2, 0.25) is 0 Å². The molecule has 0 saturated carbocycles. The van der Waals surface area contributed by atoms with Crippen molar-refractivity contribution < 1.29 is 9.90 Å². The van der Waals surface area contributed by atoms with E-state index < -0.39 is 5.91 Å². The predicted molar refractivity (Wildman–Crippen MR) is 61.0 cm³/mol. The normalized spacial score (nSPS) is 17.1. The van der Waals surface area contributed by atoms with E-state index >= 15 is 0 Å². The van der Waals surface area contributed by atoms with E-state index in [0.717, 1.165) is 25.2 Å². The van der Waals surface area contributed by atoms with Gasteiger partial charge < -0.3 is 10.8 Å². The van der Waals surface area contributed by atoms with Crippen LogP contribution in [0, 0.1) is 6.92 Å². The van der Waals surface area contributed by atoms with Crippen molar-refractivity contribution >= 4 is 5.91 Å². The number of nitrogens with zero attached hydrogens (tertiary/aromatic N) is 1. The number of carbonyl (C=O) groups is 1. The van der Waals surface area contributed by atoms with Gasteiger partial charge in [0.2, 0.25) is 5.91 Å². The summed E-state index contributed by atoms with van der Waals surface area (Å²) in [6.45, 7) is 4.26. The zero-order chi connectivity index (χ0) is 11.7. The van der Waals surface area contributed by atoms with Gasteiger partial charge in [0.1, 0.15) is 0 Å². The third kappa shape index (κ3) is 2.23. The van der Waals surface area contributed by atoms with Gasteiger partial charge in [-0.15, -0.1) is 0 Å². The average molecular weight is 220 g/mol. The number of amides is 1. The van der Waals surface area contributed by atoms with Crippen molar-refractivity contribution in [2.45, 2.75) is 19.6 Å². The van der Waals surface area contributed by atoms with E-state index in [1.165, 1.54) is 5.56 Å². The first-order chi connectivity index (χ1) is 7.56. The molecule has 0 atom stereocenters. The van der Waals surface area contributed by atoms with Gasteiger partial charge in [-0.1, -0.05) is 6.07 Å². The van der Waals surface area contributed by atoms with E-state index in [1.807, 2.05) is 19.1 Å². The largest absolute Gasteiger partial charge is 0.390 e. The Balaban J connectivity index is 2.07. The Labute approximate surface area is 94.7 Å². The van der Waals surface area contributed by atoms with E-state index in [2.05, 4.69) is 4.90 Å². The lowest BCUT2D eigenvalue weighted by Gasteiger charge is -2.36. The lowest BCUT2D eigenvalue weighted by molar-refractivity contribution is -0.00296. The molecule has 1 heterocycles. The van der Waals surface area contributed by atoms with Gasteiger partial charge in [-0.05, 0) is 30.2 Å². The molecule has 0 aliphatic carbocycles. The Kier molecular flexibility index (Phi) is 2.94. The number of likely N-dealkylation sites (tertiary alicyclic amines) is 1. The lowest BCUT2D eigenvalue weighted by Crippen LogP contribution is -2.49. The first-order valence-corrected chi connectivity index (χ1v) is 5.36.